The lowest BCUT2D eigenvalue weighted by molar-refractivity contribution is -0.121. The summed E-state index contributed by atoms with van der Waals surface area (Å²) in [4.78, 5) is 12.9. The average molecular weight is 441 g/mol. The predicted molar refractivity (Wildman–Crippen MR) is 119 cm³/mol. The van der Waals surface area contributed by atoms with Crippen molar-refractivity contribution >= 4 is 15.9 Å². The number of hydrogen-bond donors (Lipinski definition) is 1. The normalized spacial score (nSPS) is 12.5. The van der Waals surface area contributed by atoms with Crippen LogP contribution in [-0.2, 0) is 21.4 Å². The third-order valence-corrected chi connectivity index (χ3v) is 6.23. The van der Waals surface area contributed by atoms with Crippen LogP contribution in [0.3, 0.4) is 0 Å². The van der Waals surface area contributed by atoms with Crippen LogP contribution >= 0.6 is 0 Å². The van der Waals surface area contributed by atoms with Gasteiger partial charge < -0.3 is 5.32 Å². The number of amides is 1. The fraction of sp³-hybridized carbons (Fsp3) is 0.208. The van der Waals surface area contributed by atoms with Gasteiger partial charge in [-0.05, 0) is 29.7 Å². The number of halogens is 1. The first-order chi connectivity index (χ1) is 14.8. The molecule has 162 valence electrons. The summed E-state index contributed by atoms with van der Waals surface area (Å²) in [7, 11) is -3.74. The molecule has 0 aromatic heterocycles. The number of rotatable bonds is 8. The summed E-state index contributed by atoms with van der Waals surface area (Å²) >= 11 is 0. The van der Waals surface area contributed by atoms with Gasteiger partial charge in [0.05, 0.1) is 18.8 Å². The number of nitrogens with one attached hydrogen (secondary N) is 1. The molecule has 3 aromatic rings. The highest BCUT2D eigenvalue weighted by Gasteiger charge is 2.24. The second kappa shape index (κ2) is 9.85. The van der Waals surface area contributed by atoms with Gasteiger partial charge in [-0.3, -0.25) is 4.79 Å². The van der Waals surface area contributed by atoms with E-state index >= 15 is 0 Å². The molecule has 0 bridgehead atoms. The number of aryl methyl sites for hydroxylation is 1. The molecule has 0 spiro atoms. The van der Waals surface area contributed by atoms with Crippen molar-refractivity contribution < 1.29 is 17.6 Å². The molecule has 0 radical (unpaired) electrons. The fourth-order valence-electron chi connectivity index (χ4n) is 3.37. The fourth-order valence-corrected chi connectivity index (χ4v) is 4.10. The van der Waals surface area contributed by atoms with Gasteiger partial charge in [0.1, 0.15) is 5.82 Å². The molecule has 0 saturated heterocycles. The molecule has 0 aliphatic rings. The van der Waals surface area contributed by atoms with E-state index in [0.717, 1.165) is 27.3 Å². The van der Waals surface area contributed by atoms with Crippen molar-refractivity contribution in [3.8, 4) is 0 Å². The lowest BCUT2D eigenvalue weighted by atomic mass is 9.95. The molecule has 1 atom stereocenters. The Bertz CT molecular complexity index is 1150. The molecule has 0 aliphatic carbocycles. The Kier molecular flexibility index (Phi) is 7.20. The lowest BCUT2D eigenvalue weighted by Gasteiger charge is -2.24. The van der Waals surface area contributed by atoms with E-state index in [1.165, 1.54) is 18.2 Å². The van der Waals surface area contributed by atoms with Crippen molar-refractivity contribution in [3.63, 3.8) is 0 Å². The zero-order valence-corrected chi connectivity index (χ0v) is 18.3. The van der Waals surface area contributed by atoms with Crippen molar-refractivity contribution in [2.45, 2.75) is 19.5 Å². The molecule has 1 amide bonds. The van der Waals surface area contributed by atoms with E-state index in [0.29, 0.717) is 0 Å². The summed E-state index contributed by atoms with van der Waals surface area (Å²) in [5.41, 5.74) is 3.01. The van der Waals surface area contributed by atoms with Crippen LogP contribution < -0.4 is 5.32 Å². The Hall–Kier alpha value is -3.03. The van der Waals surface area contributed by atoms with Crippen LogP contribution in [-0.4, -0.2) is 31.4 Å². The third-order valence-electron chi connectivity index (χ3n) is 5.03. The second-order valence-electron chi connectivity index (χ2n) is 7.39. The van der Waals surface area contributed by atoms with Crippen LogP contribution in [0.2, 0.25) is 0 Å². The molecule has 1 N–H and O–H groups in total. The maximum absolute atomic E-state index is 14.1. The number of hydrogen-bond acceptors (Lipinski definition) is 3. The highest BCUT2D eigenvalue weighted by molar-refractivity contribution is 7.88. The summed E-state index contributed by atoms with van der Waals surface area (Å²) in [6.45, 7) is 1.32. The molecule has 0 aliphatic heterocycles. The first-order valence-electron chi connectivity index (χ1n) is 9.84. The number of sulfonamides is 1. The van der Waals surface area contributed by atoms with Gasteiger partial charge in [-0.25, -0.2) is 12.8 Å². The monoisotopic (exact) mass is 440 g/mol. The number of carbonyl (C=O) groups excluding carboxylic acids is 1. The molecule has 1 unspecified atom stereocenters. The van der Waals surface area contributed by atoms with Crippen LogP contribution in [0, 0.1) is 12.7 Å². The Morgan fingerprint density at radius 1 is 0.968 bits per heavy atom. The Morgan fingerprint density at radius 2 is 1.58 bits per heavy atom. The van der Waals surface area contributed by atoms with Gasteiger partial charge in [-0.15, -0.1) is 0 Å². The zero-order valence-electron chi connectivity index (χ0n) is 17.5. The van der Waals surface area contributed by atoms with Crippen LogP contribution in [0.1, 0.15) is 28.3 Å². The second-order valence-corrected chi connectivity index (χ2v) is 9.37. The molecular formula is C24H25FN2O3S. The van der Waals surface area contributed by atoms with Crippen LogP contribution in [0.5, 0.6) is 0 Å². The number of carbonyl (C=O) groups is 1. The highest BCUT2D eigenvalue weighted by Crippen LogP contribution is 2.25. The first kappa shape index (κ1) is 22.7. The SMILES string of the molecule is Cc1ccccc1C(NC(=O)CN(Cc1ccccc1F)S(C)(=O)=O)c1ccccc1. The Morgan fingerprint density at radius 3 is 2.23 bits per heavy atom. The summed E-state index contributed by atoms with van der Waals surface area (Å²) in [6.07, 6.45) is 1.01. The van der Waals surface area contributed by atoms with E-state index in [2.05, 4.69) is 5.32 Å². The van der Waals surface area contributed by atoms with E-state index in [4.69, 9.17) is 0 Å². The smallest absolute Gasteiger partial charge is 0.236 e. The van der Waals surface area contributed by atoms with E-state index in [1.807, 2.05) is 61.5 Å². The molecule has 3 aromatic carbocycles. The zero-order chi connectivity index (χ0) is 22.4. The van der Waals surface area contributed by atoms with Gasteiger partial charge in [0.25, 0.3) is 0 Å². The minimum Gasteiger partial charge on any atom is -0.344 e. The maximum atomic E-state index is 14.1. The molecule has 5 nitrogen and oxygen atoms in total. The summed E-state index contributed by atoms with van der Waals surface area (Å²) in [5.74, 6) is -0.988. The minimum absolute atomic E-state index is 0.208. The van der Waals surface area contributed by atoms with Gasteiger partial charge >= 0.3 is 0 Å². The van der Waals surface area contributed by atoms with Crippen LogP contribution in [0.25, 0.3) is 0 Å². The molecule has 0 heterocycles. The van der Waals surface area contributed by atoms with Gasteiger partial charge in [-0.1, -0.05) is 72.8 Å². The molecule has 0 fully saturated rings. The van der Waals surface area contributed by atoms with Gasteiger partial charge in [0.15, 0.2) is 0 Å². The maximum Gasteiger partial charge on any atom is 0.236 e. The van der Waals surface area contributed by atoms with Crippen LogP contribution in [0.15, 0.2) is 78.9 Å². The molecule has 0 saturated carbocycles. The summed E-state index contributed by atoms with van der Waals surface area (Å²) in [5, 5.41) is 2.95. The Balaban J connectivity index is 1.85. The quantitative estimate of drug-likeness (QED) is 0.579. The van der Waals surface area contributed by atoms with Crippen LogP contribution in [0.4, 0.5) is 4.39 Å². The molecule has 3 rings (SSSR count). The van der Waals surface area contributed by atoms with Gasteiger partial charge in [-0.2, -0.15) is 4.31 Å². The van der Waals surface area contributed by atoms with Crippen molar-refractivity contribution in [1.29, 1.82) is 0 Å². The number of benzene rings is 3. The van der Waals surface area contributed by atoms with Gasteiger partial charge in [0, 0.05) is 12.1 Å². The van der Waals surface area contributed by atoms with E-state index < -0.39 is 34.3 Å². The van der Waals surface area contributed by atoms with Crippen molar-refractivity contribution in [3.05, 3.63) is 107 Å². The standard InChI is InChI=1S/C24H25FN2O3S/c1-18-10-6-8-14-21(18)24(19-11-4-3-5-12-19)26-23(28)17-27(31(2,29)30)16-20-13-7-9-15-22(20)25/h3-15,24H,16-17H2,1-2H3,(H,26,28). The van der Waals surface area contributed by atoms with Crippen molar-refractivity contribution in [1.82, 2.24) is 9.62 Å². The van der Waals surface area contributed by atoms with Gasteiger partial charge in [0.2, 0.25) is 15.9 Å². The third kappa shape index (κ3) is 5.99. The average Bonchev–Trinajstić information content (AvgIpc) is 2.73. The molecular weight excluding hydrogens is 415 g/mol. The molecule has 31 heavy (non-hydrogen) atoms. The minimum atomic E-state index is -3.74. The van der Waals surface area contributed by atoms with Crippen molar-refractivity contribution in [2.75, 3.05) is 12.8 Å². The predicted octanol–water partition coefficient (Wildman–Crippen LogP) is 3.80. The van der Waals surface area contributed by atoms with E-state index in [9.17, 15) is 17.6 Å². The summed E-state index contributed by atoms with van der Waals surface area (Å²) < 4.78 is 39.6. The largest absolute Gasteiger partial charge is 0.344 e. The Labute approximate surface area is 182 Å². The lowest BCUT2D eigenvalue weighted by Crippen LogP contribution is -2.41. The number of nitrogens with zero attached hydrogens (tertiary/aromatic N) is 1. The summed E-state index contributed by atoms with van der Waals surface area (Å²) in [6, 6.07) is 22.7. The molecule has 7 heteroatoms. The highest BCUT2D eigenvalue weighted by atomic mass is 32.2. The topological polar surface area (TPSA) is 66.5 Å². The van der Waals surface area contributed by atoms with Crippen molar-refractivity contribution in [2.24, 2.45) is 0 Å². The first-order valence-corrected chi connectivity index (χ1v) is 11.7. The van der Waals surface area contributed by atoms with E-state index in [1.54, 1.807) is 6.07 Å². The van der Waals surface area contributed by atoms with E-state index in [-0.39, 0.29) is 12.1 Å².